The number of nitrogens with one attached hydrogen (secondary N) is 2. The van der Waals surface area contributed by atoms with E-state index in [9.17, 15) is 35.9 Å². The second-order valence-electron chi connectivity index (χ2n) is 14.9. The van der Waals surface area contributed by atoms with Crippen molar-refractivity contribution in [2.75, 3.05) is 23.3 Å². The first-order valence-corrected chi connectivity index (χ1v) is 19.9. The molecule has 0 aliphatic heterocycles. The Bertz CT molecular complexity index is 2680. The lowest BCUT2D eigenvalue weighted by Crippen LogP contribution is -2.37. The van der Waals surface area contributed by atoms with Gasteiger partial charge in [0.1, 0.15) is 40.4 Å². The van der Waals surface area contributed by atoms with Crippen molar-refractivity contribution in [3.63, 3.8) is 0 Å². The lowest BCUT2D eigenvalue weighted by Gasteiger charge is -2.30. The predicted molar refractivity (Wildman–Crippen MR) is 203 cm³/mol. The third kappa shape index (κ3) is 7.32. The van der Waals surface area contributed by atoms with E-state index in [0.29, 0.717) is 10.7 Å². The largest absolute Gasteiger partial charge is 0.386 e. The number of halogens is 7. The molecule has 58 heavy (non-hydrogen) atoms. The third-order valence-corrected chi connectivity index (χ3v) is 11.0. The Hall–Kier alpha value is -5.32. The fraction of sp³-hybridized carbons (Fsp3) is 0.368. The zero-order valence-electron chi connectivity index (χ0n) is 31.3. The first-order chi connectivity index (χ1) is 27.0. The molecule has 0 radical (unpaired) electrons. The number of alkyl halides is 4. The Morgan fingerprint density at radius 1 is 1.12 bits per heavy atom. The van der Waals surface area contributed by atoms with Crippen molar-refractivity contribution in [1.29, 1.82) is 0 Å². The summed E-state index contributed by atoms with van der Waals surface area (Å²) in [7, 11) is -0.891. The number of hydrogen-bond acceptors (Lipinski definition) is 8. The Morgan fingerprint density at radius 2 is 1.79 bits per heavy atom. The molecular weight excluding hydrogens is 814 g/mol. The maximum atomic E-state index is 16.1. The molecule has 1 saturated carbocycles. The highest BCUT2D eigenvalue weighted by molar-refractivity contribution is 7.92. The molecule has 2 aliphatic rings. The topological polar surface area (TPSA) is 170 Å². The molecular formula is C38H35ClF6N8O4S. The van der Waals surface area contributed by atoms with Gasteiger partial charge in [0.25, 0.3) is 12.3 Å². The first-order valence-electron chi connectivity index (χ1n) is 17.6. The number of nitrogens with two attached hydrogens (primary N) is 1. The number of primary amides is 1. The minimum absolute atomic E-state index is 0.0535. The first kappa shape index (κ1) is 40.9. The van der Waals surface area contributed by atoms with Gasteiger partial charge < -0.3 is 16.2 Å². The summed E-state index contributed by atoms with van der Waals surface area (Å²) in [5.74, 6) is -5.68. The van der Waals surface area contributed by atoms with Crippen LogP contribution in [-0.4, -0.2) is 62.9 Å². The summed E-state index contributed by atoms with van der Waals surface area (Å²) in [5, 5.41) is 21.9. The number of anilines is 2. The van der Waals surface area contributed by atoms with Gasteiger partial charge in [0, 0.05) is 48.7 Å². The van der Waals surface area contributed by atoms with Gasteiger partial charge in [-0.1, -0.05) is 23.6 Å². The van der Waals surface area contributed by atoms with Crippen LogP contribution < -0.4 is 15.8 Å². The lowest BCUT2D eigenvalue weighted by atomic mass is 9.83. The van der Waals surface area contributed by atoms with Crippen molar-refractivity contribution < 1.29 is 44.7 Å². The summed E-state index contributed by atoms with van der Waals surface area (Å²) in [5.41, 5.74) is 2.68. The van der Waals surface area contributed by atoms with Gasteiger partial charge in [-0.25, -0.2) is 35.6 Å². The number of carbonyl (C=O) groups excluding carboxylic acids is 1. The van der Waals surface area contributed by atoms with Crippen LogP contribution in [0.2, 0.25) is 5.02 Å². The molecule has 3 heterocycles. The maximum absolute atomic E-state index is 16.1. The van der Waals surface area contributed by atoms with E-state index in [1.807, 2.05) is 0 Å². The quantitative estimate of drug-likeness (QED) is 0.0863. The van der Waals surface area contributed by atoms with Crippen molar-refractivity contribution in [3.8, 4) is 23.0 Å². The summed E-state index contributed by atoms with van der Waals surface area (Å²) >= 11 is 6.63. The van der Waals surface area contributed by atoms with E-state index < -0.39 is 87.1 Å². The molecule has 4 atom stereocenters. The summed E-state index contributed by atoms with van der Waals surface area (Å²) in [6.45, 7) is 2.80. The van der Waals surface area contributed by atoms with E-state index >= 15 is 8.78 Å². The zero-order chi connectivity index (χ0) is 42.4. The number of aryl methyl sites for hydroxylation is 1. The predicted octanol–water partition coefficient (Wildman–Crippen LogP) is 6.50. The van der Waals surface area contributed by atoms with Crippen molar-refractivity contribution in [3.05, 3.63) is 87.0 Å². The molecule has 5 aromatic rings. The number of aromatic nitrogens is 5. The average Bonchev–Trinajstić information content (AvgIpc) is 3.63. The van der Waals surface area contributed by atoms with Gasteiger partial charge >= 0.3 is 0 Å². The molecule has 306 valence electrons. The SMILES string of the molecule is CNc1cc(-c2ccc(Cl)c3c(NS(C)(=O)=O)nn(C)c23)c([C@@H](Cc2cc(F)cc(F)c2)C(C(N)=O)n2nc(C(F)F)c3c2C(F)(F)[C@@H]2C[C@H]32)nc1C#CC(C)(C)O. The number of sulfonamides is 1. The molecule has 20 heteroatoms. The molecule has 2 aromatic carbocycles. The van der Waals surface area contributed by atoms with Crippen LogP contribution in [0.1, 0.15) is 78.5 Å². The van der Waals surface area contributed by atoms with Crippen molar-refractivity contribution in [2.45, 2.75) is 62.5 Å². The summed E-state index contributed by atoms with van der Waals surface area (Å²) in [6.07, 6.45) is -3.04. The van der Waals surface area contributed by atoms with Crippen molar-refractivity contribution in [1.82, 2.24) is 24.5 Å². The third-order valence-electron chi connectivity index (χ3n) is 10.1. The summed E-state index contributed by atoms with van der Waals surface area (Å²) in [4.78, 5) is 18.7. The molecule has 1 amide bonds. The molecule has 1 fully saturated rings. The molecule has 7 rings (SSSR count). The van der Waals surface area contributed by atoms with Crippen LogP contribution >= 0.6 is 11.6 Å². The van der Waals surface area contributed by atoms with Crippen LogP contribution in [-0.2, 0) is 34.2 Å². The van der Waals surface area contributed by atoms with Crippen LogP contribution in [0.25, 0.3) is 22.0 Å². The highest BCUT2D eigenvalue weighted by Gasteiger charge is 2.67. The van der Waals surface area contributed by atoms with E-state index in [-0.39, 0.29) is 67.5 Å². The summed E-state index contributed by atoms with van der Waals surface area (Å²) < 4.78 is 120. The van der Waals surface area contributed by atoms with Crippen LogP contribution in [0.3, 0.4) is 0 Å². The molecule has 12 nitrogen and oxygen atoms in total. The van der Waals surface area contributed by atoms with Crippen LogP contribution in [0.4, 0.5) is 37.8 Å². The highest BCUT2D eigenvalue weighted by Crippen LogP contribution is 2.68. The number of carbonyl (C=O) groups is 1. The number of aliphatic hydroxyl groups is 1. The normalized spacial score (nSPS) is 18.0. The Balaban J connectivity index is 1.60. The molecule has 0 spiro atoms. The van der Waals surface area contributed by atoms with Gasteiger partial charge in [-0.2, -0.15) is 19.0 Å². The van der Waals surface area contributed by atoms with E-state index in [2.05, 4.69) is 32.1 Å². The molecule has 5 N–H and O–H groups in total. The number of nitrogens with zero attached hydrogens (tertiary/aromatic N) is 5. The van der Waals surface area contributed by atoms with Gasteiger partial charge in [-0.15, -0.1) is 0 Å². The molecule has 2 aliphatic carbocycles. The molecule has 0 bridgehead atoms. The van der Waals surface area contributed by atoms with Crippen LogP contribution in [0.5, 0.6) is 0 Å². The minimum atomic E-state index is -3.90. The van der Waals surface area contributed by atoms with Gasteiger partial charge in [0.15, 0.2) is 5.82 Å². The van der Waals surface area contributed by atoms with E-state index in [4.69, 9.17) is 22.3 Å². The van der Waals surface area contributed by atoms with Crippen LogP contribution in [0, 0.1) is 29.4 Å². The van der Waals surface area contributed by atoms with Gasteiger partial charge in [0.05, 0.1) is 33.6 Å². The fourth-order valence-corrected chi connectivity index (χ4v) is 8.55. The monoisotopic (exact) mass is 848 g/mol. The standard InChI is InChI=1S/C38H35ClF6N8O4S/c1-37(2,55)9-8-25-26(47-3)15-20(19-6-7-24(39)28-31(19)52(4)50-36(28)51-58(5,56)57)29(48-25)22(12-16-10-17(40)13-18(41)11-16)32(35(46)54)53-33-27(30(49-53)34(42)43)21-14-23(21)38(33,44)45/h6-7,10-11,13,15,21-23,32,34,47,55H,12,14H2,1-5H3,(H2,46,54)(H,50,51)/t21-,22+,23+,32?/m0/s1. The smallest absolute Gasteiger partial charge is 0.293 e. The number of amides is 1. The second kappa shape index (κ2) is 14.2. The van der Waals surface area contributed by atoms with Gasteiger partial charge in [-0.3, -0.25) is 14.2 Å². The lowest BCUT2D eigenvalue weighted by molar-refractivity contribution is -0.122. The van der Waals surface area contributed by atoms with Crippen molar-refractivity contribution >= 4 is 49.9 Å². The number of fused-ring (bicyclic) bond motifs is 4. The van der Waals surface area contributed by atoms with E-state index in [1.54, 1.807) is 0 Å². The number of rotatable bonds is 11. The number of hydrogen-bond donors (Lipinski definition) is 4. The Labute approximate surface area is 332 Å². The Morgan fingerprint density at radius 3 is 2.38 bits per heavy atom. The number of benzene rings is 2. The zero-order valence-corrected chi connectivity index (χ0v) is 32.9. The average molecular weight is 849 g/mol. The molecule has 3 aromatic heterocycles. The maximum Gasteiger partial charge on any atom is 0.293 e. The second-order valence-corrected chi connectivity index (χ2v) is 17.1. The number of pyridine rings is 1. The van der Waals surface area contributed by atoms with E-state index in [1.165, 1.54) is 50.8 Å². The van der Waals surface area contributed by atoms with E-state index in [0.717, 1.165) is 18.4 Å². The fourth-order valence-electron chi connectivity index (χ4n) is 7.81. The van der Waals surface area contributed by atoms with Crippen molar-refractivity contribution in [2.24, 2.45) is 18.7 Å². The minimum Gasteiger partial charge on any atom is -0.386 e. The van der Waals surface area contributed by atoms with Gasteiger partial charge in [-0.05, 0) is 68.4 Å². The van der Waals surface area contributed by atoms with Gasteiger partial charge in [0.2, 0.25) is 15.9 Å². The highest BCUT2D eigenvalue weighted by atomic mass is 35.5. The molecule has 1 unspecified atom stereocenters. The Kier molecular flexibility index (Phi) is 10.0. The summed E-state index contributed by atoms with van der Waals surface area (Å²) in [6, 6.07) is 4.87. The van der Waals surface area contributed by atoms with Crippen LogP contribution in [0.15, 0.2) is 36.4 Å². The molecule has 0 saturated heterocycles.